The summed E-state index contributed by atoms with van der Waals surface area (Å²) < 4.78 is 36.5. The van der Waals surface area contributed by atoms with Gasteiger partial charge in [-0.2, -0.15) is 13.2 Å². The average Bonchev–Trinajstić information content (AvgIpc) is 2.28. The van der Waals surface area contributed by atoms with Gasteiger partial charge in [-0.25, -0.2) is 0 Å². The number of nitrogens with zero attached hydrogens (tertiary/aromatic N) is 2. The largest absolute Gasteiger partial charge is 0.389 e. The molecule has 0 saturated carbocycles. The van der Waals surface area contributed by atoms with E-state index in [-0.39, 0.29) is 12.0 Å². The van der Waals surface area contributed by atoms with Gasteiger partial charge in [0.1, 0.15) is 0 Å². The number of rotatable bonds is 5. The van der Waals surface area contributed by atoms with Crippen molar-refractivity contribution < 1.29 is 13.2 Å². The molecule has 0 aliphatic carbocycles. The molecule has 0 radical (unpaired) electrons. The Hall–Kier alpha value is -0.330. The van der Waals surface area contributed by atoms with Crippen LogP contribution in [-0.2, 0) is 0 Å². The molecular formula is C12H24F3N3. The van der Waals surface area contributed by atoms with Crippen LogP contribution in [0.25, 0.3) is 0 Å². The first kappa shape index (κ1) is 15.7. The Balaban J connectivity index is 2.46. The molecule has 1 saturated heterocycles. The molecule has 1 fully saturated rings. The van der Waals surface area contributed by atoms with E-state index in [9.17, 15) is 13.2 Å². The zero-order valence-electron chi connectivity index (χ0n) is 11.3. The molecule has 1 aliphatic heterocycles. The number of likely N-dealkylation sites (N-methyl/N-ethyl adjacent to an activating group) is 1. The van der Waals surface area contributed by atoms with E-state index in [0.717, 1.165) is 26.2 Å². The van der Waals surface area contributed by atoms with Crippen molar-refractivity contribution in [2.45, 2.75) is 37.9 Å². The lowest BCUT2D eigenvalue weighted by atomic mass is 9.92. The minimum Gasteiger partial charge on any atom is -0.329 e. The lowest BCUT2D eigenvalue weighted by Crippen LogP contribution is -2.58. The van der Waals surface area contributed by atoms with Crippen LogP contribution in [0.1, 0.15) is 26.2 Å². The molecule has 1 aliphatic rings. The predicted molar refractivity (Wildman–Crippen MR) is 66.4 cm³/mol. The Morgan fingerprint density at radius 2 is 1.61 bits per heavy atom. The molecule has 0 aromatic rings. The minimum absolute atomic E-state index is 0.156. The summed E-state index contributed by atoms with van der Waals surface area (Å²) in [6, 6.07) is 0. The monoisotopic (exact) mass is 267 g/mol. The predicted octanol–water partition coefficient (Wildman–Crippen LogP) is 1.68. The Morgan fingerprint density at radius 3 is 2.06 bits per heavy atom. The van der Waals surface area contributed by atoms with Crippen molar-refractivity contribution in [1.29, 1.82) is 0 Å². The van der Waals surface area contributed by atoms with Crippen LogP contribution >= 0.6 is 0 Å². The van der Waals surface area contributed by atoms with Gasteiger partial charge in [-0.3, -0.25) is 4.90 Å². The van der Waals surface area contributed by atoms with Gasteiger partial charge in [0.25, 0.3) is 0 Å². The second-order valence-electron chi connectivity index (χ2n) is 5.46. The van der Waals surface area contributed by atoms with Crippen LogP contribution in [0.15, 0.2) is 0 Å². The number of hydrogen-bond donors (Lipinski definition) is 1. The van der Waals surface area contributed by atoms with Crippen molar-refractivity contribution in [3.63, 3.8) is 0 Å². The highest BCUT2D eigenvalue weighted by atomic mass is 19.4. The SMILES string of the molecule is CN1CCN(C(C)(CN)CCCC(F)(F)F)CC1. The zero-order chi connectivity index (χ0) is 13.8. The fourth-order valence-corrected chi connectivity index (χ4v) is 2.41. The second kappa shape index (κ2) is 6.21. The molecule has 0 spiro atoms. The number of nitrogens with two attached hydrogens (primary N) is 1. The van der Waals surface area contributed by atoms with Gasteiger partial charge in [0.05, 0.1) is 0 Å². The number of hydrogen-bond acceptors (Lipinski definition) is 3. The third kappa shape index (κ3) is 4.74. The molecule has 0 amide bonds. The van der Waals surface area contributed by atoms with Gasteiger partial charge < -0.3 is 10.6 Å². The molecular weight excluding hydrogens is 243 g/mol. The van der Waals surface area contributed by atoms with Crippen LogP contribution in [0.5, 0.6) is 0 Å². The summed E-state index contributed by atoms with van der Waals surface area (Å²) in [7, 11) is 2.06. The van der Waals surface area contributed by atoms with E-state index in [1.165, 1.54) is 0 Å². The Labute approximate surface area is 107 Å². The third-order valence-corrected chi connectivity index (χ3v) is 3.88. The number of piperazine rings is 1. The minimum atomic E-state index is -4.06. The van der Waals surface area contributed by atoms with Crippen LogP contribution in [0.4, 0.5) is 13.2 Å². The molecule has 2 N–H and O–H groups in total. The van der Waals surface area contributed by atoms with E-state index >= 15 is 0 Å². The summed E-state index contributed by atoms with van der Waals surface area (Å²) in [6.07, 6.45) is -4.11. The first-order valence-electron chi connectivity index (χ1n) is 6.47. The highest BCUT2D eigenvalue weighted by molar-refractivity contribution is 4.90. The Bertz CT molecular complexity index is 249. The topological polar surface area (TPSA) is 32.5 Å². The van der Waals surface area contributed by atoms with Crippen LogP contribution in [0.3, 0.4) is 0 Å². The lowest BCUT2D eigenvalue weighted by Gasteiger charge is -2.45. The van der Waals surface area contributed by atoms with E-state index in [1.807, 2.05) is 6.92 Å². The highest BCUT2D eigenvalue weighted by Gasteiger charge is 2.34. The van der Waals surface area contributed by atoms with Crippen molar-refractivity contribution in [2.24, 2.45) is 5.73 Å². The average molecular weight is 267 g/mol. The lowest BCUT2D eigenvalue weighted by molar-refractivity contribution is -0.137. The molecule has 0 bridgehead atoms. The molecule has 0 aromatic carbocycles. The number of halogens is 3. The van der Waals surface area contributed by atoms with Crippen LogP contribution in [-0.4, -0.2) is 61.3 Å². The molecule has 18 heavy (non-hydrogen) atoms. The van der Waals surface area contributed by atoms with Gasteiger partial charge in [0.15, 0.2) is 0 Å². The summed E-state index contributed by atoms with van der Waals surface area (Å²) in [5, 5.41) is 0. The van der Waals surface area contributed by atoms with E-state index in [0.29, 0.717) is 13.0 Å². The van der Waals surface area contributed by atoms with E-state index < -0.39 is 12.6 Å². The van der Waals surface area contributed by atoms with E-state index in [2.05, 4.69) is 16.8 Å². The zero-order valence-corrected chi connectivity index (χ0v) is 11.3. The van der Waals surface area contributed by atoms with Crippen LogP contribution < -0.4 is 5.73 Å². The first-order valence-corrected chi connectivity index (χ1v) is 6.47. The second-order valence-corrected chi connectivity index (χ2v) is 5.46. The molecule has 0 aromatic heterocycles. The summed E-state index contributed by atoms with van der Waals surface area (Å²) in [6.45, 7) is 6.07. The first-order chi connectivity index (χ1) is 8.27. The smallest absolute Gasteiger partial charge is 0.329 e. The van der Waals surface area contributed by atoms with E-state index in [1.54, 1.807) is 0 Å². The van der Waals surface area contributed by atoms with Gasteiger partial charge in [-0.05, 0) is 26.8 Å². The maximum absolute atomic E-state index is 12.2. The van der Waals surface area contributed by atoms with Crippen molar-refractivity contribution >= 4 is 0 Å². The van der Waals surface area contributed by atoms with Gasteiger partial charge in [-0.15, -0.1) is 0 Å². The van der Waals surface area contributed by atoms with Gasteiger partial charge >= 0.3 is 6.18 Å². The summed E-state index contributed by atoms with van der Waals surface area (Å²) >= 11 is 0. The maximum Gasteiger partial charge on any atom is 0.389 e. The van der Waals surface area contributed by atoms with Crippen LogP contribution in [0.2, 0.25) is 0 Å². The van der Waals surface area contributed by atoms with Gasteiger partial charge in [0.2, 0.25) is 0 Å². The fraction of sp³-hybridized carbons (Fsp3) is 1.00. The van der Waals surface area contributed by atoms with Crippen molar-refractivity contribution in [3.05, 3.63) is 0 Å². The molecule has 108 valence electrons. The molecule has 6 heteroatoms. The summed E-state index contributed by atoms with van der Waals surface area (Å²) in [5.74, 6) is 0. The quantitative estimate of drug-likeness (QED) is 0.822. The molecule has 1 heterocycles. The standard InChI is InChI=1S/C12H24F3N3/c1-11(10-16,4-3-5-12(13,14)15)18-8-6-17(2)7-9-18/h3-10,16H2,1-2H3. The molecule has 3 nitrogen and oxygen atoms in total. The Morgan fingerprint density at radius 1 is 1.06 bits per heavy atom. The van der Waals surface area contributed by atoms with E-state index in [4.69, 9.17) is 5.73 Å². The molecule has 1 atom stereocenters. The van der Waals surface area contributed by atoms with Gasteiger partial charge in [0, 0.05) is 44.7 Å². The normalized spacial score (nSPS) is 23.0. The highest BCUT2D eigenvalue weighted by Crippen LogP contribution is 2.27. The summed E-state index contributed by atoms with van der Waals surface area (Å²) in [5.41, 5.74) is 5.49. The van der Waals surface area contributed by atoms with Crippen molar-refractivity contribution in [3.8, 4) is 0 Å². The maximum atomic E-state index is 12.2. The molecule has 1 rings (SSSR count). The van der Waals surface area contributed by atoms with Crippen molar-refractivity contribution in [2.75, 3.05) is 39.8 Å². The Kier molecular flexibility index (Phi) is 5.43. The van der Waals surface area contributed by atoms with Crippen molar-refractivity contribution in [1.82, 2.24) is 9.80 Å². The number of alkyl halides is 3. The molecule has 1 unspecified atom stereocenters. The summed E-state index contributed by atoms with van der Waals surface area (Å²) in [4.78, 5) is 4.46. The fourth-order valence-electron chi connectivity index (χ4n) is 2.41. The van der Waals surface area contributed by atoms with Gasteiger partial charge in [-0.1, -0.05) is 0 Å². The van der Waals surface area contributed by atoms with Crippen LogP contribution in [0, 0.1) is 0 Å². The third-order valence-electron chi connectivity index (χ3n) is 3.88.